The maximum absolute atomic E-state index is 5.68. The van der Waals surface area contributed by atoms with Crippen molar-refractivity contribution in [2.24, 2.45) is 16.6 Å². The van der Waals surface area contributed by atoms with Crippen molar-refractivity contribution in [1.29, 1.82) is 0 Å². The summed E-state index contributed by atoms with van der Waals surface area (Å²) in [5.41, 5.74) is 5.68. The van der Waals surface area contributed by atoms with Gasteiger partial charge in [-0.05, 0) is 19.1 Å². The number of amidine groups is 1. The molecule has 0 spiro atoms. The first-order valence-corrected chi connectivity index (χ1v) is 4.44. The molecule has 1 aromatic rings. The molecule has 13 heavy (non-hydrogen) atoms. The third kappa shape index (κ3) is 2.93. The highest BCUT2D eigenvalue weighted by Crippen LogP contribution is 2.07. The van der Waals surface area contributed by atoms with Gasteiger partial charge in [-0.2, -0.15) is 0 Å². The normalized spacial score (nSPS) is 12.5. The van der Waals surface area contributed by atoms with Gasteiger partial charge in [-0.3, -0.25) is 4.99 Å². The monoisotopic (exact) mass is 180 g/mol. The van der Waals surface area contributed by atoms with Crippen molar-refractivity contribution in [3.05, 3.63) is 23.7 Å². The van der Waals surface area contributed by atoms with Crippen LogP contribution in [0.2, 0.25) is 0 Å². The van der Waals surface area contributed by atoms with Crippen molar-refractivity contribution in [2.75, 3.05) is 0 Å². The maximum atomic E-state index is 5.68. The Morgan fingerprint density at radius 2 is 2.23 bits per heavy atom. The van der Waals surface area contributed by atoms with E-state index in [4.69, 9.17) is 10.2 Å². The van der Waals surface area contributed by atoms with Gasteiger partial charge in [0.25, 0.3) is 0 Å². The lowest BCUT2D eigenvalue weighted by atomic mass is 10.2. The average Bonchev–Trinajstić information content (AvgIpc) is 2.47. The average molecular weight is 180 g/mol. The van der Waals surface area contributed by atoms with E-state index in [-0.39, 0.29) is 0 Å². The van der Waals surface area contributed by atoms with Gasteiger partial charge in [-0.25, -0.2) is 0 Å². The molecule has 3 heteroatoms. The summed E-state index contributed by atoms with van der Waals surface area (Å²) < 4.78 is 5.35. The Morgan fingerprint density at radius 1 is 1.54 bits per heavy atom. The number of hydrogen-bond acceptors (Lipinski definition) is 2. The van der Waals surface area contributed by atoms with E-state index in [9.17, 15) is 0 Å². The fraction of sp³-hybridized carbons (Fsp3) is 0.500. The van der Waals surface area contributed by atoms with Crippen LogP contribution in [0.4, 0.5) is 0 Å². The summed E-state index contributed by atoms with van der Waals surface area (Å²) in [6.07, 6.45) is 0. The summed E-state index contributed by atoms with van der Waals surface area (Å²) in [5.74, 6) is 2.75. The van der Waals surface area contributed by atoms with Gasteiger partial charge in [-0.1, -0.05) is 13.8 Å². The van der Waals surface area contributed by atoms with E-state index in [1.165, 1.54) is 0 Å². The van der Waals surface area contributed by atoms with Gasteiger partial charge in [0, 0.05) is 5.92 Å². The highest BCUT2D eigenvalue weighted by molar-refractivity contribution is 5.82. The van der Waals surface area contributed by atoms with Crippen LogP contribution in [-0.4, -0.2) is 5.84 Å². The summed E-state index contributed by atoms with van der Waals surface area (Å²) in [6, 6.07) is 3.85. The fourth-order valence-corrected chi connectivity index (χ4v) is 0.922. The molecule has 0 unspecified atom stereocenters. The van der Waals surface area contributed by atoms with E-state index in [0.717, 1.165) is 11.5 Å². The van der Waals surface area contributed by atoms with Crippen LogP contribution < -0.4 is 5.73 Å². The SMILES string of the molecule is Cc1ccc(CN=C(N)C(C)C)o1. The third-order valence-electron chi connectivity index (χ3n) is 1.81. The van der Waals surface area contributed by atoms with Crippen LogP contribution in [0.15, 0.2) is 21.5 Å². The second kappa shape index (κ2) is 4.12. The molecule has 0 amide bonds. The molecule has 0 aliphatic carbocycles. The van der Waals surface area contributed by atoms with Gasteiger partial charge in [-0.15, -0.1) is 0 Å². The summed E-state index contributed by atoms with van der Waals surface area (Å²) in [7, 11) is 0. The number of furan rings is 1. The topological polar surface area (TPSA) is 51.5 Å². The first-order chi connectivity index (χ1) is 6.09. The Balaban J connectivity index is 2.56. The number of aryl methyl sites for hydroxylation is 1. The standard InChI is InChI=1S/C10H16N2O/c1-7(2)10(11)12-6-9-5-4-8(3)13-9/h4-5,7H,6H2,1-3H3,(H2,11,12). The van der Waals surface area contributed by atoms with Gasteiger partial charge >= 0.3 is 0 Å². The third-order valence-corrected chi connectivity index (χ3v) is 1.81. The number of hydrogen-bond donors (Lipinski definition) is 1. The van der Waals surface area contributed by atoms with E-state index >= 15 is 0 Å². The lowest BCUT2D eigenvalue weighted by molar-refractivity contribution is 0.485. The van der Waals surface area contributed by atoms with E-state index in [0.29, 0.717) is 18.3 Å². The molecule has 0 aliphatic rings. The summed E-state index contributed by atoms with van der Waals surface area (Å²) in [4.78, 5) is 4.21. The van der Waals surface area contributed by atoms with Crippen LogP contribution in [0.25, 0.3) is 0 Å². The highest BCUT2D eigenvalue weighted by atomic mass is 16.3. The molecule has 0 radical (unpaired) electrons. The second-order valence-corrected chi connectivity index (χ2v) is 3.41. The van der Waals surface area contributed by atoms with Gasteiger partial charge in [0.05, 0.1) is 12.4 Å². The molecule has 0 fully saturated rings. The molecular weight excluding hydrogens is 164 g/mol. The largest absolute Gasteiger partial charge is 0.464 e. The Hall–Kier alpha value is -1.25. The van der Waals surface area contributed by atoms with Crippen LogP contribution in [0.3, 0.4) is 0 Å². The van der Waals surface area contributed by atoms with Crippen LogP contribution in [0, 0.1) is 12.8 Å². The minimum Gasteiger partial charge on any atom is -0.464 e. The van der Waals surface area contributed by atoms with Gasteiger partial charge < -0.3 is 10.2 Å². The molecule has 0 aromatic carbocycles. The van der Waals surface area contributed by atoms with Crippen LogP contribution in [-0.2, 0) is 6.54 Å². The van der Waals surface area contributed by atoms with Gasteiger partial charge in [0.15, 0.2) is 0 Å². The smallest absolute Gasteiger partial charge is 0.125 e. The first-order valence-electron chi connectivity index (χ1n) is 4.44. The molecule has 1 aromatic heterocycles. The van der Waals surface area contributed by atoms with Crippen molar-refractivity contribution in [2.45, 2.75) is 27.3 Å². The Labute approximate surface area is 78.7 Å². The molecule has 1 rings (SSSR count). The minimum atomic E-state index is 0.302. The molecule has 0 atom stereocenters. The number of nitrogens with zero attached hydrogens (tertiary/aromatic N) is 1. The molecule has 2 N–H and O–H groups in total. The van der Waals surface area contributed by atoms with Crippen molar-refractivity contribution < 1.29 is 4.42 Å². The summed E-state index contributed by atoms with van der Waals surface area (Å²) in [5, 5.41) is 0. The number of rotatable bonds is 3. The predicted molar refractivity (Wildman–Crippen MR) is 53.6 cm³/mol. The Morgan fingerprint density at radius 3 is 2.69 bits per heavy atom. The zero-order chi connectivity index (χ0) is 9.84. The molecule has 3 nitrogen and oxygen atoms in total. The second-order valence-electron chi connectivity index (χ2n) is 3.41. The van der Waals surface area contributed by atoms with Crippen LogP contribution in [0.1, 0.15) is 25.4 Å². The quantitative estimate of drug-likeness (QED) is 0.572. The highest BCUT2D eigenvalue weighted by Gasteiger charge is 2.00. The lowest BCUT2D eigenvalue weighted by Gasteiger charge is -2.02. The van der Waals surface area contributed by atoms with E-state index in [1.54, 1.807) is 0 Å². The van der Waals surface area contributed by atoms with Crippen LogP contribution in [0.5, 0.6) is 0 Å². The Bertz CT molecular complexity index is 300. The van der Waals surface area contributed by atoms with E-state index in [1.807, 2.05) is 32.9 Å². The number of nitrogens with two attached hydrogens (primary N) is 1. The molecule has 72 valence electrons. The summed E-state index contributed by atoms with van der Waals surface area (Å²) in [6.45, 7) is 6.50. The van der Waals surface area contributed by atoms with Crippen molar-refractivity contribution >= 4 is 5.84 Å². The van der Waals surface area contributed by atoms with Crippen LogP contribution >= 0.6 is 0 Å². The zero-order valence-corrected chi connectivity index (χ0v) is 8.37. The predicted octanol–water partition coefficient (Wildman–Crippen LogP) is 2.10. The first kappa shape index (κ1) is 9.84. The van der Waals surface area contributed by atoms with Gasteiger partial charge in [0.1, 0.15) is 11.5 Å². The molecule has 0 bridgehead atoms. The minimum absolute atomic E-state index is 0.302. The van der Waals surface area contributed by atoms with E-state index < -0.39 is 0 Å². The lowest BCUT2D eigenvalue weighted by Crippen LogP contribution is -2.18. The van der Waals surface area contributed by atoms with Gasteiger partial charge in [0.2, 0.25) is 0 Å². The van der Waals surface area contributed by atoms with Crippen molar-refractivity contribution in [3.8, 4) is 0 Å². The molecular formula is C10H16N2O. The number of aliphatic imine (C=N–C) groups is 1. The fourth-order valence-electron chi connectivity index (χ4n) is 0.922. The van der Waals surface area contributed by atoms with E-state index in [2.05, 4.69) is 4.99 Å². The molecule has 1 heterocycles. The molecule has 0 aliphatic heterocycles. The van der Waals surface area contributed by atoms with Crippen molar-refractivity contribution in [3.63, 3.8) is 0 Å². The zero-order valence-electron chi connectivity index (χ0n) is 8.37. The maximum Gasteiger partial charge on any atom is 0.125 e. The molecule has 0 saturated carbocycles. The Kier molecular flexibility index (Phi) is 3.12. The molecule has 0 saturated heterocycles. The van der Waals surface area contributed by atoms with Crippen molar-refractivity contribution in [1.82, 2.24) is 0 Å². The summed E-state index contributed by atoms with van der Waals surface area (Å²) >= 11 is 0.